The van der Waals surface area contributed by atoms with Crippen LogP contribution in [0.15, 0.2) is 77.0 Å². The quantitative estimate of drug-likeness (QED) is 0.494. The Kier molecular flexibility index (Phi) is 5.92. The van der Waals surface area contributed by atoms with Gasteiger partial charge < -0.3 is 0 Å². The molecule has 0 saturated carbocycles. The molecule has 0 N–H and O–H groups in total. The summed E-state index contributed by atoms with van der Waals surface area (Å²) in [6, 6.07) is 19.8. The van der Waals surface area contributed by atoms with Gasteiger partial charge in [0.25, 0.3) is 11.8 Å². The Morgan fingerprint density at radius 3 is 2.31 bits per heavy atom. The third kappa shape index (κ3) is 4.33. The Labute approximate surface area is 176 Å². The van der Waals surface area contributed by atoms with E-state index in [1.807, 2.05) is 47.8 Å². The maximum atomic E-state index is 13.1. The monoisotopic (exact) mass is 423 g/mol. The topological polar surface area (TPSA) is 37.4 Å². The Bertz CT molecular complexity index is 1040. The molecular weight excluding hydrogens is 405 g/mol. The number of benzene rings is 2. The molecule has 146 valence electrons. The molecule has 6 heteroatoms. The van der Waals surface area contributed by atoms with Gasteiger partial charge in [-0.2, -0.15) is 0 Å². The number of amides is 2. The summed E-state index contributed by atoms with van der Waals surface area (Å²) >= 11 is 2.86. The number of thioether (sulfide) groups is 1. The number of imide groups is 1. The molecule has 3 aromatic rings. The van der Waals surface area contributed by atoms with E-state index >= 15 is 0 Å². The Morgan fingerprint density at radius 2 is 1.62 bits per heavy atom. The van der Waals surface area contributed by atoms with E-state index in [1.165, 1.54) is 40.1 Å². The summed E-state index contributed by atoms with van der Waals surface area (Å²) in [5.74, 6) is -0.185. The Morgan fingerprint density at radius 1 is 0.862 bits per heavy atom. The van der Waals surface area contributed by atoms with E-state index in [-0.39, 0.29) is 24.2 Å². The van der Waals surface area contributed by atoms with Gasteiger partial charge in [0.2, 0.25) is 0 Å². The van der Waals surface area contributed by atoms with Crippen LogP contribution >= 0.6 is 23.1 Å². The highest BCUT2D eigenvalue weighted by Crippen LogP contribution is 2.39. The molecule has 0 radical (unpaired) electrons. The second-order valence-corrected chi connectivity index (χ2v) is 8.53. The number of halogens is 1. The molecule has 0 bridgehead atoms. The number of rotatable bonds is 7. The number of nitrogens with zero attached hydrogens (tertiary/aromatic N) is 1. The van der Waals surface area contributed by atoms with E-state index in [1.54, 1.807) is 12.1 Å². The minimum atomic E-state index is -0.302. The first-order valence-electron chi connectivity index (χ1n) is 9.19. The van der Waals surface area contributed by atoms with Crippen LogP contribution in [0.1, 0.15) is 16.0 Å². The van der Waals surface area contributed by atoms with Crippen molar-refractivity contribution in [3.8, 4) is 0 Å². The standard InChI is InChI=1S/C23H18FNO2S2/c24-18-10-8-16(9-11-18)12-13-25-22(26)20(19-7-4-14-28-19)21(23(25)27)29-15-17-5-2-1-3-6-17/h1-11,14H,12-13,15H2. The first kappa shape index (κ1) is 19.6. The van der Waals surface area contributed by atoms with E-state index in [0.29, 0.717) is 22.7 Å². The molecular formula is C23H18FNO2S2. The summed E-state index contributed by atoms with van der Waals surface area (Å²) in [5, 5.41) is 1.90. The van der Waals surface area contributed by atoms with Crippen LogP contribution in [0.3, 0.4) is 0 Å². The van der Waals surface area contributed by atoms with Crippen LogP contribution in [-0.4, -0.2) is 23.3 Å². The van der Waals surface area contributed by atoms with Gasteiger partial charge >= 0.3 is 0 Å². The first-order valence-corrected chi connectivity index (χ1v) is 11.1. The summed E-state index contributed by atoms with van der Waals surface area (Å²) in [7, 11) is 0. The third-order valence-corrected chi connectivity index (χ3v) is 6.69. The summed E-state index contributed by atoms with van der Waals surface area (Å²) in [6.07, 6.45) is 0.492. The number of thiophene rings is 1. The smallest absolute Gasteiger partial charge is 0.268 e. The summed E-state index contributed by atoms with van der Waals surface area (Å²) in [6.45, 7) is 0.271. The lowest BCUT2D eigenvalue weighted by Crippen LogP contribution is -2.33. The second-order valence-electron chi connectivity index (χ2n) is 6.59. The van der Waals surface area contributed by atoms with E-state index in [0.717, 1.165) is 16.0 Å². The lowest BCUT2D eigenvalue weighted by Gasteiger charge is -2.15. The van der Waals surface area contributed by atoms with Crippen molar-refractivity contribution in [2.45, 2.75) is 12.2 Å². The zero-order valence-corrected chi connectivity index (χ0v) is 17.1. The van der Waals surface area contributed by atoms with Crippen LogP contribution in [0.2, 0.25) is 0 Å². The summed E-state index contributed by atoms with van der Waals surface area (Å²) in [4.78, 5) is 28.8. The van der Waals surface area contributed by atoms with Gasteiger partial charge in [0.05, 0.1) is 10.5 Å². The van der Waals surface area contributed by atoms with Crippen molar-refractivity contribution in [1.82, 2.24) is 4.90 Å². The van der Waals surface area contributed by atoms with Crippen molar-refractivity contribution in [3.05, 3.63) is 98.8 Å². The fourth-order valence-corrected chi connectivity index (χ4v) is 5.06. The van der Waals surface area contributed by atoms with E-state index in [2.05, 4.69) is 0 Å². The number of carbonyl (C=O) groups excluding carboxylic acids is 2. The van der Waals surface area contributed by atoms with Gasteiger partial charge in [0, 0.05) is 17.2 Å². The van der Waals surface area contributed by atoms with Gasteiger partial charge in [-0.3, -0.25) is 14.5 Å². The molecule has 1 aromatic heterocycles. The average Bonchev–Trinajstić information content (AvgIpc) is 3.34. The fraction of sp³-hybridized carbons (Fsp3) is 0.130. The highest BCUT2D eigenvalue weighted by molar-refractivity contribution is 8.03. The van der Waals surface area contributed by atoms with Crippen molar-refractivity contribution in [2.75, 3.05) is 6.54 Å². The van der Waals surface area contributed by atoms with Gasteiger partial charge in [-0.25, -0.2) is 4.39 Å². The van der Waals surface area contributed by atoms with Crippen LogP contribution in [0.5, 0.6) is 0 Å². The number of hydrogen-bond acceptors (Lipinski definition) is 4. The van der Waals surface area contributed by atoms with Gasteiger partial charge in [0.1, 0.15) is 5.82 Å². The molecule has 0 spiro atoms. The van der Waals surface area contributed by atoms with Crippen LogP contribution in [0.4, 0.5) is 4.39 Å². The lowest BCUT2D eigenvalue weighted by molar-refractivity contribution is -0.136. The molecule has 0 atom stereocenters. The first-order chi connectivity index (χ1) is 14.1. The Hall–Kier alpha value is -2.70. The molecule has 0 unspecified atom stereocenters. The van der Waals surface area contributed by atoms with E-state index in [4.69, 9.17) is 0 Å². The van der Waals surface area contributed by atoms with E-state index < -0.39 is 0 Å². The second kappa shape index (κ2) is 8.76. The zero-order valence-electron chi connectivity index (χ0n) is 15.5. The van der Waals surface area contributed by atoms with Gasteiger partial charge in [-0.05, 0) is 41.1 Å². The number of hydrogen-bond donors (Lipinski definition) is 0. The highest BCUT2D eigenvalue weighted by Gasteiger charge is 2.39. The number of carbonyl (C=O) groups is 2. The maximum absolute atomic E-state index is 13.1. The van der Waals surface area contributed by atoms with Gasteiger partial charge in [-0.15, -0.1) is 23.1 Å². The van der Waals surface area contributed by atoms with Crippen LogP contribution < -0.4 is 0 Å². The predicted molar refractivity (Wildman–Crippen MR) is 116 cm³/mol. The molecule has 2 aromatic carbocycles. The van der Waals surface area contributed by atoms with Crippen LogP contribution in [0, 0.1) is 5.82 Å². The molecule has 0 aliphatic carbocycles. The molecule has 29 heavy (non-hydrogen) atoms. The minimum absolute atomic E-state index is 0.249. The normalized spacial score (nSPS) is 14.2. The molecule has 1 aliphatic rings. The predicted octanol–water partition coefficient (Wildman–Crippen LogP) is 5.14. The van der Waals surface area contributed by atoms with Crippen molar-refractivity contribution in [2.24, 2.45) is 0 Å². The van der Waals surface area contributed by atoms with Gasteiger partial charge in [-0.1, -0.05) is 48.5 Å². The van der Waals surface area contributed by atoms with Crippen molar-refractivity contribution >= 4 is 40.5 Å². The highest BCUT2D eigenvalue weighted by atomic mass is 32.2. The van der Waals surface area contributed by atoms with Gasteiger partial charge in [0.15, 0.2) is 0 Å². The Balaban J connectivity index is 1.55. The zero-order chi connectivity index (χ0) is 20.2. The minimum Gasteiger partial charge on any atom is -0.273 e. The molecule has 4 rings (SSSR count). The van der Waals surface area contributed by atoms with Crippen molar-refractivity contribution in [1.29, 1.82) is 0 Å². The molecule has 0 fully saturated rings. The third-order valence-electron chi connectivity index (χ3n) is 4.66. The molecule has 2 amide bonds. The summed E-state index contributed by atoms with van der Waals surface area (Å²) < 4.78 is 13.1. The SMILES string of the molecule is O=C1C(SCc2ccccc2)=C(c2cccs2)C(=O)N1CCc1ccc(F)cc1. The fourth-order valence-electron chi connectivity index (χ4n) is 3.15. The molecule has 0 saturated heterocycles. The van der Waals surface area contributed by atoms with Crippen molar-refractivity contribution < 1.29 is 14.0 Å². The lowest BCUT2D eigenvalue weighted by atomic mass is 10.1. The molecule has 1 aliphatic heterocycles. The molecule has 3 nitrogen and oxygen atoms in total. The maximum Gasteiger partial charge on any atom is 0.268 e. The molecule has 2 heterocycles. The van der Waals surface area contributed by atoms with Crippen LogP contribution in [0.25, 0.3) is 5.57 Å². The van der Waals surface area contributed by atoms with Crippen LogP contribution in [-0.2, 0) is 21.8 Å². The van der Waals surface area contributed by atoms with E-state index in [9.17, 15) is 14.0 Å². The largest absolute Gasteiger partial charge is 0.273 e. The summed E-state index contributed by atoms with van der Waals surface area (Å²) in [5.41, 5.74) is 2.47. The van der Waals surface area contributed by atoms with Crippen molar-refractivity contribution in [3.63, 3.8) is 0 Å². The average molecular weight is 424 g/mol.